The predicted octanol–water partition coefficient (Wildman–Crippen LogP) is 4.43. The van der Waals surface area contributed by atoms with Gasteiger partial charge in [-0.25, -0.2) is 4.98 Å². The molecule has 1 saturated carbocycles. The third kappa shape index (κ3) is 4.66. The number of carbonyl (C=O) groups is 1. The summed E-state index contributed by atoms with van der Waals surface area (Å²) in [4.78, 5) is 15.2. The van der Waals surface area contributed by atoms with Crippen LogP contribution in [0.5, 0.6) is 0 Å². The second-order valence-corrected chi connectivity index (χ2v) is 8.43. The first kappa shape index (κ1) is 22.0. The summed E-state index contributed by atoms with van der Waals surface area (Å²) in [6.45, 7) is 1.56. The third-order valence-electron chi connectivity index (χ3n) is 6.24. The molecule has 3 aromatic rings. The molecule has 3 N–H and O–H groups in total. The monoisotopic (exact) mass is 432 g/mol. The number of carboxylic acids is 1. The minimum Gasteiger partial charge on any atom is -0.481 e. The van der Waals surface area contributed by atoms with E-state index >= 15 is 0 Å². The quantitative estimate of drug-likeness (QED) is 0.489. The van der Waals surface area contributed by atoms with E-state index in [1.165, 1.54) is 5.56 Å². The van der Waals surface area contributed by atoms with Crippen LogP contribution in [-0.4, -0.2) is 37.4 Å². The van der Waals surface area contributed by atoms with Gasteiger partial charge in [-0.1, -0.05) is 60.7 Å². The molecular weight excluding hydrogens is 404 g/mol. The van der Waals surface area contributed by atoms with Crippen molar-refractivity contribution in [2.75, 3.05) is 6.61 Å². The topological polar surface area (TPSA) is 95.6 Å². The maximum absolute atomic E-state index is 11.0. The van der Waals surface area contributed by atoms with Gasteiger partial charge in [-0.3, -0.25) is 4.79 Å². The van der Waals surface area contributed by atoms with Crippen molar-refractivity contribution < 1.29 is 20.1 Å². The molecule has 6 nitrogen and oxygen atoms in total. The maximum atomic E-state index is 11.0. The molecule has 0 saturated heterocycles. The largest absolute Gasteiger partial charge is 0.481 e. The van der Waals surface area contributed by atoms with Crippen molar-refractivity contribution in [2.24, 2.45) is 5.92 Å². The Balaban J connectivity index is 1.41. The Morgan fingerprint density at radius 3 is 2.31 bits per heavy atom. The third-order valence-corrected chi connectivity index (χ3v) is 6.24. The van der Waals surface area contributed by atoms with Crippen molar-refractivity contribution in [2.45, 2.75) is 37.8 Å². The molecule has 2 atom stereocenters. The molecule has 1 unspecified atom stereocenters. The van der Waals surface area contributed by atoms with Gasteiger partial charge < -0.3 is 19.9 Å². The minimum atomic E-state index is -0.707. The molecule has 1 aromatic heterocycles. The van der Waals surface area contributed by atoms with E-state index in [4.69, 9.17) is 5.11 Å². The van der Waals surface area contributed by atoms with Crippen LogP contribution < -0.4 is 0 Å². The van der Waals surface area contributed by atoms with E-state index in [1.807, 2.05) is 24.3 Å². The molecule has 1 fully saturated rings. The predicted molar refractivity (Wildman–Crippen MR) is 123 cm³/mol. The molecule has 0 radical (unpaired) electrons. The number of nitrogens with zero attached hydrogens (tertiary/aromatic N) is 2. The molecule has 1 heterocycles. The Bertz CT molecular complexity index is 1080. The van der Waals surface area contributed by atoms with Crippen molar-refractivity contribution in [1.82, 2.24) is 9.55 Å². The van der Waals surface area contributed by atoms with Crippen LogP contribution in [0.2, 0.25) is 0 Å². The summed E-state index contributed by atoms with van der Waals surface area (Å²) in [6, 6.07) is 16.3. The lowest BCUT2D eigenvalue weighted by atomic mass is 9.71. The Hall–Kier alpha value is -3.22. The molecule has 6 heteroatoms. The zero-order valence-corrected chi connectivity index (χ0v) is 18.0. The lowest BCUT2D eigenvalue weighted by Gasteiger charge is -2.32. The Morgan fingerprint density at radius 1 is 1.12 bits per heavy atom. The van der Waals surface area contributed by atoms with E-state index in [9.17, 15) is 15.0 Å². The summed E-state index contributed by atoms with van der Waals surface area (Å²) in [7, 11) is 0. The van der Waals surface area contributed by atoms with Crippen molar-refractivity contribution in [3.63, 3.8) is 0 Å². The number of aromatic nitrogens is 2. The summed E-state index contributed by atoms with van der Waals surface area (Å²) < 4.78 is 1.78. The normalized spacial score (nSPS) is 20.1. The summed E-state index contributed by atoms with van der Waals surface area (Å²) in [5.41, 5.74) is 4.44. The molecule has 2 aromatic carbocycles. The van der Waals surface area contributed by atoms with Gasteiger partial charge >= 0.3 is 5.97 Å². The van der Waals surface area contributed by atoms with E-state index in [0.717, 1.165) is 29.5 Å². The van der Waals surface area contributed by atoms with Crippen molar-refractivity contribution in [3.8, 4) is 11.1 Å². The molecule has 0 spiro atoms. The van der Waals surface area contributed by atoms with Gasteiger partial charge in [0.25, 0.3) is 0 Å². The first-order valence-corrected chi connectivity index (χ1v) is 10.9. The minimum absolute atomic E-state index is 0.0920. The summed E-state index contributed by atoms with van der Waals surface area (Å²) in [6.07, 6.45) is 7.97. The van der Waals surface area contributed by atoms with Crippen LogP contribution in [-0.2, 0) is 4.79 Å². The van der Waals surface area contributed by atoms with Crippen LogP contribution in [0.3, 0.4) is 0 Å². The number of imidazole rings is 1. The standard InChI is InChI=1S/C26H28N2O4/c1-17(30)25-27-12-13-28(25)24(16-29)11-4-18-2-5-19(6-3-18)20-7-9-21(10-8-20)22-14-23(15-22)26(31)32/h2-13,17,22-24,29-30H,14-16H2,1H3,(H,31,32)/b11-4+/t17-,22?,23?,24?/m0/s1. The van der Waals surface area contributed by atoms with Crippen LogP contribution in [0.4, 0.5) is 0 Å². The van der Waals surface area contributed by atoms with Gasteiger partial charge in [-0.15, -0.1) is 0 Å². The van der Waals surface area contributed by atoms with E-state index < -0.39 is 12.1 Å². The first-order valence-electron chi connectivity index (χ1n) is 10.9. The number of carboxylic acid groups (broad SMARTS) is 1. The first-order chi connectivity index (χ1) is 15.5. The Kier molecular flexibility index (Phi) is 6.53. The van der Waals surface area contributed by atoms with Gasteiger partial charge in [0.15, 0.2) is 0 Å². The molecular formula is C26H28N2O4. The van der Waals surface area contributed by atoms with Gasteiger partial charge in [0.1, 0.15) is 11.9 Å². The number of hydrogen-bond donors (Lipinski definition) is 3. The SMILES string of the molecule is C[C@H](O)c1nccn1C(/C=C/c1ccc(-c2ccc(C3CC(C(=O)O)C3)cc2)cc1)CO. The van der Waals surface area contributed by atoms with Gasteiger partial charge in [-0.2, -0.15) is 0 Å². The number of aliphatic hydroxyl groups is 2. The number of hydrogen-bond acceptors (Lipinski definition) is 4. The van der Waals surface area contributed by atoms with Crippen LogP contribution >= 0.6 is 0 Å². The maximum Gasteiger partial charge on any atom is 0.306 e. The molecule has 166 valence electrons. The van der Waals surface area contributed by atoms with E-state index in [0.29, 0.717) is 11.7 Å². The van der Waals surface area contributed by atoms with E-state index in [1.54, 1.807) is 23.9 Å². The van der Waals surface area contributed by atoms with E-state index in [2.05, 4.69) is 41.4 Å². The van der Waals surface area contributed by atoms with Crippen LogP contribution in [0.1, 0.15) is 54.8 Å². The lowest BCUT2D eigenvalue weighted by molar-refractivity contribution is -0.145. The summed E-state index contributed by atoms with van der Waals surface area (Å²) >= 11 is 0. The van der Waals surface area contributed by atoms with Gasteiger partial charge in [0.05, 0.1) is 18.6 Å². The molecule has 4 rings (SSSR count). The zero-order valence-electron chi connectivity index (χ0n) is 18.0. The van der Waals surface area contributed by atoms with Crippen molar-refractivity contribution >= 4 is 12.0 Å². The van der Waals surface area contributed by atoms with Crippen LogP contribution in [0.25, 0.3) is 17.2 Å². The van der Waals surface area contributed by atoms with Crippen molar-refractivity contribution in [1.29, 1.82) is 0 Å². The molecule has 0 bridgehead atoms. The highest BCUT2D eigenvalue weighted by Gasteiger charge is 2.35. The Morgan fingerprint density at radius 2 is 1.75 bits per heavy atom. The van der Waals surface area contributed by atoms with E-state index in [-0.39, 0.29) is 18.6 Å². The van der Waals surface area contributed by atoms with Crippen LogP contribution in [0.15, 0.2) is 67.0 Å². The van der Waals surface area contributed by atoms with Gasteiger partial charge in [0.2, 0.25) is 0 Å². The number of rotatable bonds is 8. The summed E-state index contributed by atoms with van der Waals surface area (Å²) in [5.74, 6) is -0.0151. The highest BCUT2D eigenvalue weighted by Crippen LogP contribution is 2.42. The van der Waals surface area contributed by atoms with Gasteiger partial charge in [0, 0.05) is 12.4 Å². The highest BCUT2D eigenvalue weighted by molar-refractivity contribution is 5.72. The summed E-state index contributed by atoms with van der Waals surface area (Å²) in [5, 5.41) is 28.7. The highest BCUT2D eigenvalue weighted by atomic mass is 16.4. The average molecular weight is 433 g/mol. The second kappa shape index (κ2) is 9.51. The lowest BCUT2D eigenvalue weighted by Crippen LogP contribution is -2.28. The fourth-order valence-electron chi connectivity index (χ4n) is 4.22. The number of benzene rings is 2. The average Bonchev–Trinajstić information content (AvgIpc) is 3.24. The number of aliphatic hydroxyl groups excluding tert-OH is 2. The molecule has 0 amide bonds. The zero-order chi connectivity index (χ0) is 22.7. The molecule has 1 aliphatic carbocycles. The smallest absolute Gasteiger partial charge is 0.306 e. The molecule has 0 aliphatic heterocycles. The second-order valence-electron chi connectivity index (χ2n) is 8.43. The Labute approximate surface area is 187 Å². The van der Waals surface area contributed by atoms with Crippen molar-refractivity contribution in [3.05, 3.63) is 84.0 Å². The fraction of sp³-hybridized carbons (Fsp3) is 0.308. The molecule has 32 heavy (non-hydrogen) atoms. The fourth-order valence-corrected chi connectivity index (χ4v) is 4.22. The van der Waals surface area contributed by atoms with Gasteiger partial charge in [-0.05, 0) is 47.9 Å². The number of aliphatic carboxylic acids is 1. The van der Waals surface area contributed by atoms with Crippen LogP contribution in [0, 0.1) is 5.92 Å². The molecule has 1 aliphatic rings.